The number of amides is 1. The van der Waals surface area contributed by atoms with Crippen LogP contribution in [0.5, 0.6) is 0 Å². The highest BCUT2D eigenvalue weighted by molar-refractivity contribution is 7.14. The number of ether oxygens (including phenoxy) is 1. The van der Waals surface area contributed by atoms with Crippen LogP contribution in [0.1, 0.15) is 29.6 Å². The predicted octanol–water partition coefficient (Wildman–Crippen LogP) is 2.22. The van der Waals surface area contributed by atoms with Crippen molar-refractivity contribution in [3.63, 3.8) is 0 Å². The third-order valence-electron chi connectivity index (χ3n) is 4.81. The lowest BCUT2D eigenvalue weighted by Gasteiger charge is -2.26. The fraction of sp³-hybridized carbons (Fsp3) is 0.533. The molecule has 22 heavy (non-hydrogen) atoms. The van der Waals surface area contributed by atoms with Crippen molar-refractivity contribution in [1.82, 2.24) is 0 Å². The monoisotopic (exact) mass is 323 g/mol. The minimum atomic E-state index is -0.897. The summed E-state index contributed by atoms with van der Waals surface area (Å²) in [5.41, 5.74) is 0.302. The summed E-state index contributed by atoms with van der Waals surface area (Å²) in [5, 5.41) is 14.3. The summed E-state index contributed by atoms with van der Waals surface area (Å²) in [6.45, 7) is 0. The topological polar surface area (TPSA) is 92.7 Å². The minimum Gasteiger partial charge on any atom is -0.481 e. The Kier molecular flexibility index (Phi) is 3.90. The molecule has 1 amide bonds. The molecule has 0 radical (unpaired) electrons. The average Bonchev–Trinajstić information content (AvgIpc) is 3.20. The predicted molar refractivity (Wildman–Crippen MR) is 79.7 cm³/mol. The fourth-order valence-corrected chi connectivity index (χ4v) is 4.67. The van der Waals surface area contributed by atoms with Crippen LogP contribution in [0.3, 0.4) is 0 Å². The number of fused-ring (bicyclic) bond motifs is 2. The van der Waals surface area contributed by atoms with Gasteiger partial charge < -0.3 is 15.2 Å². The van der Waals surface area contributed by atoms with Crippen LogP contribution in [0.15, 0.2) is 11.4 Å². The Bertz CT molecular complexity index is 625. The number of nitrogens with one attached hydrogen (secondary N) is 1. The second-order valence-corrected chi connectivity index (χ2v) is 6.78. The van der Waals surface area contributed by atoms with Gasteiger partial charge in [-0.25, -0.2) is 4.79 Å². The number of esters is 1. The van der Waals surface area contributed by atoms with Crippen molar-refractivity contribution in [2.45, 2.75) is 19.3 Å². The van der Waals surface area contributed by atoms with E-state index in [-0.39, 0.29) is 17.7 Å². The van der Waals surface area contributed by atoms with Crippen molar-refractivity contribution in [2.24, 2.45) is 23.7 Å². The summed E-state index contributed by atoms with van der Waals surface area (Å²) in [6, 6.07) is 1.58. The van der Waals surface area contributed by atoms with Gasteiger partial charge in [0.2, 0.25) is 5.91 Å². The second kappa shape index (κ2) is 5.72. The third-order valence-corrected chi connectivity index (χ3v) is 5.64. The van der Waals surface area contributed by atoms with Gasteiger partial charge in [0.25, 0.3) is 0 Å². The first kappa shape index (κ1) is 15.0. The average molecular weight is 323 g/mol. The van der Waals surface area contributed by atoms with E-state index in [0.29, 0.717) is 10.6 Å². The van der Waals surface area contributed by atoms with E-state index in [1.165, 1.54) is 18.4 Å². The number of hydrogen-bond acceptors (Lipinski definition) is 5. The molecule has 2 N–H and O–H groups in total. The Hall–Kier alpha value is -1.89. The van der Waals surface area contributed by atoms with Gasteiger partial charge in [0.15, 0.2) is 0 Å². The van der Waals surface area contributed by atoms with Crippen molar-refractivity contribution < 1.29 is 24.2 Å². The Morgan fingerprint density at radius 1 is 1.27 bits per heavy atom. The lowest BCUT2D eigenvalue weighted by atomic mass is 9.79. The summed E-state index contributed by atoms with van der Waals surface area (Å²) in [6.07, 6.45) is 2.60. The number of carbonyl (C=O) groups excluding carboxylic acids is 2. The molecular formula is C15H17NO5S. The zero-order chi connectivity index (χ0) is 15.9. The van der Waals surface area contributed by atoms with E-state index in [9.17, 15) is 19.5 Å². The first-order valence-corrected chi connectivity index (χ1v) is 8.10. The molecule has 2 saturated carbocycles. The molecule has 2 aliphatic carbocycles. The van der Waals surface area contributed by atoms with Gasteiger partial charge in [0.1, 0.15) is 5.00 Å². The van der Waals surface area contributed by atoms with Gasteiger partial charge >= 0.3 is 11.9 Å². The molecule has 7 heteroatoms. The smallest absolute Gasteiger partial charge is 0.340 e. The SMILES string of the molecule is COC(=O)c1ccsc1NC(=O)[C@@H]1[C@H]2CC[C@@H](C2)[C@@H]1C(=O)O. The molecule has 1 heterocycles. The lowest BCUT2D eigenvalue weighted by Crippen LogP contribution is -2.37. The Labute approximate surface area is 131 Å². The van der Waals surface area contributed by atoms with Crippen molar-refractivity contribution in [2.75, 3.05) is 12.4 Å². The second-order valence-electron chi connectivity index (χ2n) is 5.87. The van der Waals surface area contributed by atoms with Crippen LogP contribution in [0.4, 0.5) is 5.00 Å². The Balaban J connectivity index is 1.79. The number of aliphatic carboxylic acids is 1. The molecule has 3 rings (SSSR count). The van der Waals surface area contributed by atoms with E-state index in [2.05, 4.69) is 10.1 Å². The summed E-state index contributed by atoms with van der Waals surface area (Å²) in [7, 11) is 1.28. The number of carboxylic acid groups (broad SMARTS) is 1. The van der Waals surface area contributed by atoms with Gasteiger partial charge in [-0.05, 0) is 42.5 Å². The number of methoxy groups -OCH3 is 1. The normalized spacial score (nSPS) is 29.3. The van der Waals surface area contributed by atoms with E-state index >= 15 is 0 Å². The highest BCUT2D eigenvalue weighted by atomic mass is 32.1. The molecule has 0 aromatic carbocycles. The van der Waals surface area contributed by atoms with Crippen molar-refractivity contribution in [3.05, 3.63) is 17.0 Å². The quantitative estimate of drug-likeness (QED) is 0.829. The molecule has 1 aromatic rings. The van der Waals surface area contributed by atoms with Crippen molar-refractivity contribution >= 4 is 34.2 Å². The van der Waals surface area contributed by atoms with E-state index in [0.717, 1.165) is 19.3 Å². The molecule has 0 saturated heterocycles. The molecule has 118 valence electrons. The summed E-state index contributed by atoms with van der Waals surface area (Å²) in [4.78, 5) is 35.7. The van der Waals surface area contributed by atoms with Crippen molar-refractivity contribution in [3.8, 4) is 0 Å². The van der Waals surface area contributed by atoms with Crippen LogP contribution >= 0.6 is 11.3 Å². The molecule has 2 bridgehead atoms. The van der Waals surface area contributed by atoms with Crippen molar-refractivity contribution in [1.29, 1.82) is 0 Å². The first-order chi connectivity index (χ1) is 10.5. The van der Waals surface area contributed by atoms with Gasteiger partial charge in [-0.1, -0.05) is 0 Å². The van der Waals surface area contributed by atoms with Crippen LogP contribution in [0.2, 0.25) is 0 Å². The molecule has 2 aliphatic rings. The van der Waals surface area contributed by atoms with Gasteiger partial charge in [-0.15, -0.1) is 11.3 Å². The zero-order valence-electron chi connectivity index (χ0n) is 12.1. The Morgan fingerprint density at radius 3 is 2.59 bits per heavy atom. The zero-order valence-corrected chi connectivity index (χ0v) is 12.9. The third kappa shape index (κ3) is 2.39. The summed E-state index contributed by atoms with van der Waals surface area (Å²) < 4.78 is 4.67. The van der Waals surface area contributed by atoms with Gasteiger partial charge in [-0.2, -0.15) is 0 Å². The van der Waals surface area contributed by atoms with Crippen LogP contribution in [-0.2, 0) is 14.3 Å². The standard InChI is InChI=1S/C15H17NO5S/c1-21-15(20)9-4-5-22-13(9)16-12(17)10-7-2-3-8(6-7)11(10)14(18)19/h4-5,7-8,10-11H,2-3,6H2,1H3,(H,16,17)(H,18,19)/t7-,8-,10+,11-/m0/s1. The largest absolute Gasteiger partial charge is 0.481 e. The number of anilines is 1. The number of rotatable bonds is 4. The number of hydrogen-bond donors (Lipinski definition) is 2. The number of carboxylic acids is 1. The van der Waals surface area contributed by atoms with Gasteiger partial charge in [-0.3, -0.25) is 9.59 Å². The van der Waals surface area contributed by atoms with E-state index < -0.39 is 23.8 Å². The van der Waals surface area contributed by atoms with E-state index in [1.54, 1.807) is 11.4 Å². The Morgan fingerprint density at radius 2 is 1.95 bits per heavy atom. The molecule has 0 spiro atoms. The maximum Gasteiger partial charge on any atom is 0.340 e. The number of carbonyl (C=O) groups is 3. The molecule has 4 atom stereocenters. The molecular weight excluding hydrogens is 306 g/mol. The maximum absolute atomic E-state index is 12.6. The van der Waals surface area contributed by atoms with E-state index in [4.69, 9.17) is 0 Å². The highest BCUT2D eigenvalue weighted by Crippen LogP contribution is 2.52. The van der Waals surface area contributed by atoms with E-state index in [1.807, 2.05) is 0 Å². The molecule has 2 fully saturated rings. The minimum absolute atomic E-state index is 0.0988. The molecule has 6 nitrogen and oxygen atoms in total. The lowest BCUT2D eigenvalue weighted by molar-refractivity contribution is -0.148. The van der Waals surface area contributed by atoms with Crippen LogP contribution < -0.4 is 5.32 Å². The fourth-order valence-electron chi connectivity index (χ4n) is 3.90. The number of thiophene rings is 1. The van der Waals surface area contributed by atoms with Gasteiger partial charge in [0, 0.05) is 0 Å². The summed E-state index contributed by atoms with van der Waals surface area (Å²) >= 11 is 1.23. The van der Waals surface area contributed by atoms with Crippen LogP contribution in [-0.4, -0.2) is 30.1 Å². The summed E-state index contributed by atoms with van der Waals surface area (Å²) in [5.74, 6) is -2.60. The molecule has 1 aromatic heterocycles. The molecule has 0 unspecified atom stereocenters. The van der Waals surface area contributed by atoms with Gasteiger partial charge in [0.05, 0.1) is 24.5 Å². The highest BCUT2D eigenvalue weighted by Gasteiger charge is 2.54. The maximum atomic E-state index is 12.6. The van der Waals surface area contributed by atoms with Crippen LogP contribution in [0.25, 0.3) is 0 Å². The van der Waals surface area contributed by atoms with Crippen LogP contribution in [0, 0.1) is 23.7 Å². The first-order valence-electron chi connectivity index (χ1n) is 7.22. The molecule has 0 aliphatic heterocycles.